The molecule has 7 heteroatoms. The molecule has 0 radical (unpaired) electrons. The summed E-state index contributed by atoms with van der Waals surface area (Å²) in [6, 6.07) is 9.98. The van der Waals surface area contributed by atoms with Crippen LogP contribution in [0.2, 0.25) is 0 Å². The number of aromatic nitrogens is 4. The van der Waals surface area contributed by atoms with Gasteiger partial charge in [-0.05, 0) is 30.4 Å². The molecule has 0 unspecified atom stereocenters. The lowest BCUT2D eigenvalue weighted by molar-refractivity contribution is -0.134. The molecule has 1 aliphatic rings. The number of pyridine rings is 2. The molecule has 1 aliphatic carbocycles. The number of hydrogen-bond donors (Lipinski definition) is 0. The number of carbonyl (C=O) groups is 1. The minimum atomic E-state index is -0.444. The molecule has 1 fully saturated rings. The van der Waals surface area contributed by atoms with Crippen molar-refractivity contribution in [2.45, 2.75) is 25.4 Å². The zero-order chi connectivity index (χ0) is 20.7. The molecule has 7 nitrogen and oxygen atoms in total. The summed E-state index contributed by atoms with van der Waals surface area (Å²) in [5.74, 6) is -0.444. The summed E-state index contributed by atoms with van der Waals surface area (Å²) in [7, 11) is 1.34. The van der Waals surface area contributed by atoms with Crippen LogP contribution in [0.4, 0.5) is 0 Å². The van der Waals surface area contributed by atoms with Crippen molar-refractivity contribution in [2.75, 3.05) is 7.11 Å². The molecule has 1 saturated carbocycles. The first-order valence-electron chi connectivity index (χ1n) is 9.85. The second-order valence-electron chi connectivity index (χ2n) is 7.40. The van der Waals surface area contributed by atoms with Gasteiger partial charge in [0.25, 0.3) is 0 Å². The Morgan fingerprint density at radius 1 is 1.20 bits per heavy atom. The zero-order valence-corrected chi connectivity index (χ0v) is 16.5. The normalized spacial score (nSPS) is 14.0. The number of imidazole rings is 1. The van der Waals surface area contributed by atoms with Crippen molar-refractivity contribution >= 4 is 33.9 Å². The predicted octanol–water partition coefficient (Wildman–Crippen LogP) is 3.32. The summed E-state index contributed by atoms with van der Waals surface area (Å²) < 4.78 is 8.32. The van der Waals surface area contributed by atoms with Crippen LogP contribution in [0.15, 0.2) is 59.8 Å². The van der Waals surface area contributed by atoms with Gasteiger partial charge in [-0.15, -0.1) is 0 Å². The van der Waals surface area contributed by atoms with Gasteiger partial charge in [0, 0.05) is 35.5 Å². The molecule has 0 saturated heterocycles. The van der Waals surface area contributed by atoms with Crippen LogP contribution in [0, 0.1) is 0 Å². The standard InChI is InChI=1S/C23H20N4O3/c1-30-22(28)9-8-18-17-5-3-2-4-15(17)12-25-19(18)14-26-21-13-24-11-10-20(21)27(23(26)29)16-6-7-16/h2-5,8-13,16H,6-7,14H2,1H3/b9-8+. The van der Waals surface area contributed by atoms with Crippen molar-refractivity contribution in [2.24, 2.45) is 0 Å². The lowest BCUT2D eigenvalue weighted by Crippen LogP contribution is -2.24. The molecular weight excluding hydrogens is 380 g/mol. The fourth-order valence-electron chi connectivity index (χ4n) is 3.87. The quantitative estimate of drug-likeness (QED) is 0.379. The molecule has 0 N–H and O–H groups in total. The van der Waals surface area contributed by atoms with Gasteiger partial charge in [0.2, 0.25) is 0 Å². The highest BCUT2D eigenvalue weighted by molar-refractivity contribution is 5.95. The minimum Gasteiger partial charge on any atom is -0.466 e. The maximum atomic E-state index is 13.2. The van der Waals surface area contributed by atoms with E-state index in [2.05, 4.69) is 9.97 Å². The predicted molar refractivity (Wildman–Crippen MR) is 114 cm³/mol. The Hall–Kier alpha value is -3.74. The number of ether oxygens (including phenoxy) is 1. The number of benzene rings is 1. The molecule has 3 aromatic heterocycles. The second kappa shape index (κ2) is 7.26. The van der Waals surface area contributed by atoms with Crippen molar-refractivity contribution in [1.82, 2.24) is 19.1 Å². The van der Waals surface area contributed by atoms with E-state index in [1.165, 1.54) is 13.2 Å². The fourth-order valence-corrected chi connectivity index (χ4v) is 3.87. The second-order valence-corrected chi connectivity index (χ2v) is 7.40. The molecule has 3 heterocycles. The third-order valence-electron chi connectivity index (χ3n) is 5.49. The molecule has 1 aromatic carbocycles. The maximum Gasteiger partial charge on any atom is 0.330 e. The molecule has 150 valence electrons. The molecule has 0 atom stereocenters. The van der Waals surface area contributed by atoms with Crippen LogP contribution >= 0.6 is 0 Å². The first kappa shape index (κ1) is 18.3. The minimum absolute atomic E-state index is 0.0571. The largest absolute Gasteiger partial charge is 0.466 e. The molecule has 0 bridgehead atoms. The number of carbonyl (C=O) groups excluding carboxylic acids is 1. The van der Waals surface area contributed by atoms with Gasteiger partial charge in [-0.25, -0.2) is 9.59 Å². The van der Waals surface area contributed by atoms with E-state index >= 15 is 0 Å². The van der Waals surface area contributed by atoms with E-state index in [4.69, 9.17) is 4.74 Å². The topological polar surface area (TPSA) is 79.0 Å². The highest BCUT2D eigenvalue weighted by atomic mass is 16.5. The van der Waals surface area contributed by atoms with E-state index < -0.39 is 5.97 Å². The highest BCUT2D eigenvalue weighted by Gasteiger charge is 2.29. The number of rotatable bonds is 5. The summed E-state index contributed by atoms with van der Waals surface area (Å²) in [5, 5.41) is 1.92. The van der Waals surface area contributed by atoms with E-state index in [9.17, 15) is 9.59 Å². The number of methoxy groups -OCH3 is 1. The Kier molecular flexibility index (Phi) is 4.43. The van der Waals surface area contributed by atoms with E-state index in [1.54, 1.807) is 29.2 Å². The fraction of sp³-hybridized carbons (Fsp3) is 0.217. The Labute approximate surface area is 172 Å². The molecule has 4 aromatic rings. The lowest BCUT2D eigenvalue weighted by atomic mass is 10.0. The smallest absolute Gasteiger partial charge is 0.330 e. The Morgan fingerprint density at radius 3 is 2.83 bits per heavy atom. The van der Waals surface area contributed by atoms with E-state index in [0.717, 1.165) is 40.2 Å². The van der Waals surface area contributed by atoms with Crippen LogP contribution in [-0.4, -0.2) is 32.2 Å². The first-order chi connectivity index (χ1) is 14.7. The van der Waals surface area contributed by atoms with Crippen molar-refractivity contribution < 1.29 is 9.53 Å². The number of nitrogens with zero attached hydrogens (tertiary/aromatic N) is 4. The Bertz CT molecular complexity index is 1360. The van der Waals surface area contributed by atoms with Crippen LogP contribution in [0.1, 0.15) is 30.1 Å². The van der Waals surface area contributed by atoms with Gasteiger partial charge in [-0.3, -0.25) is 19.1 Å². The van der Waals surface area contributed by atoms with Crippen molar-refractivity contribution in [3.8, 4) is 0 Å². The number of hydrogen-bond acceptors (Lipinski definition) is 5. The summed E-state index contributed by atoms with van der Waals surface area (Å²) in [6.07, 6.45) is 10.4. The molecular formula is C23H20N4O3. The Balaban J connectivity index is 1.68. The van der Waals surface area contributed by atoms with E-state index in [-0.39, 0.29) is 18.3 Å². The summed E-state index contributed by atoms with van der Waals surface area (Å²) >= 11 is 0. The van der Waals surface area contributed by atoms with Crippen LogP contribution in [-0.2, 0) is 16.1 Å². The van der Waals surface area contributed by atoms with Gasteiger partial charge in [0.05, 0.1) is 36.6 Å². The van der Waals surface area contributed by atoms with Gasteiger partial charge in [-0.2, -0.15) is 0 Å². The van der Waals surface area contributed by atoms with E-state index in [0.29, 0.717) is 5.69 Å². The Morgan fingerprint density at radius 2 is 2.03 bits per heavy atom. The SMILES string of the molecule is COC(=O)/C=C/c1c(Cn2c(=O)n(C3CC3)c3ccncc32)ncc2ccccc12. The molecule has 30 heavy (non-hydrogen) atoms. The molecule has 0 aliphatic heterocycles. The van der Waals surface area contributed by atoms with Gasteiger partial charge in [-0.1, -0.05) is 24.3 Å². The average Bonchev–Trinajstić information content (AvgIpc) is 3.57. The summed E-state index contributed by atoms with van der Waals surface area (Å²) in [6.45, 7) is 0.284. The van der Waals surface area contributed by atoms with E-state index in [1.807, 2.05) is 34.9 Å². The van der Waals surface area contributed by atoms with Crippen LogP contribution in [0.5, 0.6) is 0 Å². The van der Waals surface area contributed by atoms with Crippen LogP contribution in [0.3, 0.4) is 0 Å². The maximum absolute atomic E-state index is 13.2. The van der Waals surface area contributed by atoms with Crippen molar-refractivity contribution in [1.29, 1.82) is 0 Å². The zero-order valence-electron chi connectivity index (χ0n) is 16.5. The lowest BCUT2D eigenvalue weighted by Gasteiger charge is -2.10. The van der Waals surface area contributed by atoms with Crippen molar-refractivity contribution in [3.63, 3.8) is 0 Å². The number of esters is 1. The third kappa shape index (κ3) is 3.08. The third-order valence-corrected chi connectivity index (χ3v) is 5.49. The summed E-state index contributed by atoms with van der Waals surface area (Å²) in [5.41, 5.74) is 3.12. The molecule has 0 spiro atoms. The van der Waals surface area contributed by atoms with Crippen LogP contribution < -0.4 is 5.69 Å². The summed E-state index contributed by atoms with van der Waals surface area (Å²) in [4.78, 5) is 33.8. The van der Waals surface area contributed by atoms with Gasteiger partial charge in [0.15, 0.2) is 0 Å². The van der Waals surface area contributed by atoms with Crippen LogP contribution in [0.25, 0.3) is 27.9 Å². The number of fused-ring (bicyclic) bond motifs is 2. The first-order valence-corrected chi connectivity index (χ1v) is 9.85. The van der Waals surface area contributed by atoms with Gasteiger partial charge >= 0.3 is 11.7 Å². The monoisotopic (exact) mass is 400 g/mol. The average molecular weight is 400 g/mol. The molecule has 5 rings (SSSR count). The van der Waals surface area contributed by atoms with Gasteiger partial charge in [0.1, 0.15) is 0 Å². The highest BCUT2D eigenvalue weighted by Crippen LogP contribution is 2.36. The molecule has 0 amide bonds. The van der Waals surface area contributed by atoms with Crippen molar-refractivity contribution in [3.05, 3.63) is 76.7 Å². The van der Waals surface area contributed by atoms with Gasteiger partial charge < -0.3 is 4.74 Å².